The molecule has 0 saturated heterocycles. The molecule has 0 atom stereocenters. The lowest BCUT2D eigenvalue weighted by Crippen LogP contribution is -2.33. The summed E-state index contributed by atoms with van der Waals surface area (Å²) in [5.41, 5.74) is 7.91. The van der Waals surface area contributed by atoms with E-state index in [1.807, 2.05) is 33.2 Å². The van der Waals surface area contributed by atoms with Gasteiger partial charge in [0.2, 0.25) is 0 Å². The molecule has 3 N–H and O–H groups in total. The predicted molar refractivity (Wildman–Crippen MR) is 78.6 cm³/mol. The zero-order valence-corrected chi connectivity index (χ0v) is 11.8. The van der Waals surface area contributed by atoms with Crippen LogP contribution >= 0.6 is 12.2 Å². The number of pyridine rings is 1. The molecule has 0 saturated carbocycles. The van der Waals surface area contributed by atoms with E-state index in [2.05, 4.69) is 15.3 Å². The van der Waals surface area contributed by atoms with Crippen LogP contribution < -0.4 is 11.1 Å². The molecule has 1 rings (SSSR count). The maximum Gasteiger partial charge on any atom is 0.198 e. The summed E-state index contributed by atoms with van der Waals surface area (Å²) in [4.78, 5) is 10.1. The van der Waals surface area contributed by atoms with Crippen LogP contribution in [0.5, 0.6) is 0 Å². The molecule has 0 bridgehead atoms. The Balaban J connectivity index is 2.41. The molecule has 0 spiro atoms. The van der Waals surface area contributed by atoms with Gasteiger partial charge >= 0.3 is 0 Å². The largest absolute Gasteiger partial charge is 0.369 e. The minimum absolute atomic E-state index is 0.390. The van der Waals surface area contributed by atoms with Crippen LogP contribution in [0.1, 0.15) is 11.3 Å². The third-order valence-electron chi connectivity index (χ3n) is 2.43. The van der Waals surface area contributed by atoms with E-state index in [4.69, 9.17) is 18.0 Å². The van der Waals surface area contributed by atoms with Crippen molar-refractivity contribution in [2.75, 3.05) is 20.6 Å². The van der Waals surface area contributed by atoms with Gasteiger partial charge in [0.1, 0.15) is 0 Å². The Morgan fingerprint density at radius 1 is 1.56 bits per heavy atom. The summed E-state index contributed by atoms with van der Waals surface area (Å²) in [6, 6.07) is 3.97. The maximum atomic E-state index is 5.66. The first-order valence-corrected chi connectivity index (χ1v) is 6.11. The number of thiocarbonyl (C=S) groups is 1. The normalized spacial score (nSPS) is 11.2. The minimum Gasteiger partial charge on any atom is -0.369 e. The molecule has 0 aliphatic rings. The number of aromatic nitrogens is 1. The van der Waals surface area contributed by atoms with Gasteiger partial charge in [0.05, 0.1) is 0 Å². The molecule has 0 amide bonds. The molecule has 0 radical (unpaired) electrons. The molecule has 6 heteroatoms. The standard InChI is InChI=1S/C12H19N5S/c1-9-5-4-7-14-10(9)6-8-15-12(18)16-11(13)17(2)3/h4-5,7H,6,8H2,1-3H3,(H3,13,15,16,18). The number of hydrogen-bond acceptors (Lipinski definition) is 2. The summed E-state index contributed by atoms with van der Waals surface area (Å²) in [6.07, 6.45) is 2.60. The van der Waals surface area contributed by atoms with E-state index in [-0.39, 0.29) is 0 Å². The van der Waals surface area contributed by atoms with Crippen molar-refractivity contribution in [2.45, 2.75) is 13.3 Å². The second-order valence-corrected chi connectivity index (χ2v) is 4.50. The number of hydrogen-bond donors (Lipinski definition) is 2. The third-order valence-corrected chi connectivity index (χ3v) is 2.67. The molecule has 1 heterocycles. The van der Waals surface area contributed by atoms with Crippen molar-refractivity contribution < 1.29 is 0 Å². The van der Waals surface area contributed by atoms with Gasteiger partial charge in [0.15, 0.2) is 11.1 Å². The molecule has 0 aliphatic heterocycles. The van der Waals surface area contributed by atoms with Crippen LogP contribution in [0.3, 0.4) is 0 Å². The first kappa shape index (κ1) is 14.4. The quantitative estimate of drug-likeness (QED) is 0.478. The second-order valence-electron chi connectivity index (χ2n) is 4.11. The smallest absolute Gasteiger partial charge is 0.198 e. The topological polar surface area (TPSA) is 66.5 Å². The number of guanidine groups is 1. The monoisotopic (exact) mass is 265 g/mol. The Kier molecular flexibility index (Phi) is 5.51. The van der Waals surface area contributed by atoms with Gasteiger partial charge in [-0.2, -0.15) is 4.99 Å². The summed E-state index contributed by atoms with van der Waals surface area (Å²) >= 11 is 5.07. The molecule has 5 nitrogen and oxygen atoms in total. The molecule has 1 aromatic heterocycles. The van der Waals surface area contributed by atoms with Crippen molar-refractivity contribution in [3.8, 4) is 0 Å². The van der Waals surface area contributed by atoms with E-state index in [0.29, 0.717) is 17.6 Å². The summed E-state index contributed by atoms with van der Waals surface area (Å²) in [6.45, 7) is 2.74. The van der Waals surface area contributed by atoms with Gasteiger partial charge in [0.25, 0.3) is 0 Å². The highest BCUT2D eigenvalue weighted by molar-refractivity contribution is 7.80. The van der Waals surface area contributed by atoms with Crippen LogP contribution in [0.25, 0.3) is 0 Å². The third kappa shape index (κ3) is 4.67. The van der Waals surface area contributed by atoms with E-state index in [0.717, 1.165) is 12.1 Å². The number of nitrogens with one attached hydrogen (secondary N) is 1. The van der Waals surface area contributed by atoms with Crippen LogP contribution in [0.2, 0.25) is 0 Å². The van der Waals surface area contributed by atoms with Crippen LogP contribution in [-0.4, -0.2) is 41.6 Å². The Hall–Kier alpha value is -1.69. The van der Waals surface area contributed by atoms with Gasteiger partial charge in [-0.05, 0) is 30.8 Å². The first-order valence-electron chi connectivity index (χ1n) is 5.70. The van der Waals surface area contributed by atoms with E-state index in [9.17, 15) is 0 Å². The molecule has 0 unspecified atom stereocenters. The average Bonchev–Trinajstić information content (AvgIpc) is 2.31. The zero-order chi connectivity index (χ0) is 13.5. The number of rotatable bonds is 3. The highest BCUT2D eigenvalue weighted by Crippen LogP contribution is 2.02. The number of aliphatic imine (C=N–C) groups is 1. The van der Waals surface area contributed by atoms with Gasteiger partial charge < -0.3 is 16.0 Å². The fraction of sp³-hybridized carbons (Fsp3) is 0.417. The fourth-order valence-corrected chi connectivity index (χ4v) is 1.51. The van der Waals surface area contributed by atoms with Crippen molar-refractivity contribution in [3.05, 3.63) is 29.6 Å². The predicted octanol–water partition coefficient (Wildman–Crippen LogP) is 0.683. The van der Waals surface area contributed by atoms with E-state index >= 15 is 0 Å². The maximum absolute atomic E-state index is 5.66. The summed E-state index contributed by atoms with van der Waals surface area (Å²) in [5, 5.41) is 3.44. The second kappa shape index (κ2) is 6.90. The SMILES string of the molecule is Cc1cccnc1CCNC(=S)/N=C(\N)N(C)C. The molecular weight excluding hydrogens is 246 g/mol. The molecule has 0 aliphatic carbocycles. The zero-order valence-electron chi connectivity index (χ0n) is 11.0. The Labute approximate surface area is 113 Å². The Morgan fingerprint density at radius 2 is 2.28 bits per heavy atom. The van der Waals surface area contributed by atoms with Crippen molar-refractivity contribution in [1.82, 2.24) is 15.2 Å². The van der Waals surface area contributed by atoms with Gasteiger partial charge in [0, 0.05) is 39.0 Å². The fourth-order valence-electron chi connectivity index (χ4n) is 1.31. The highest BCUT2D eigenvalue weighted by Gasteiger charge is 2.00. The molecular formula is C12H19N5S. The lowest BCUT2D eigenvalue weighted by molar-refractivity contribution is 0.615. The summed E-state index contributed by atoms with van der Waals surface area (Å²) < 4.78 is 0. The highest BCUT2D eigenvalue weighted by atomic mass is 32.1. The molecule has 98 valence electrons. The van der Waals surface area contributed by atoms with Crippen molar-refractivity contribution in [2.24, 2.45) is 10.7 Å². The van der Waals surface area contributed by atoms with Crippen LogP contribution in [-0.2, 0) is 6.42 Å². The van der Waals surface area contributed by atoms with E-state index in [1.165, 1.54) is 5.56 Å². The Morgan fingerprint density at radius 3 is 2.89 bits per heavy atom. The molecule has 0 fully saturated rings. The van der Waals surface area contributed by atoms with Gasteiger partial charge in [-0.25, -0.2) is 0 Å². The van der Waals surface area contributed by atoms with Crippen molar-refractivity contribution in [3.63, 3.8) is 0 Å². The minimum atomic E-state index is 0.390. The number of aryl methyl sites for hydroxylation is 1. The molecule has 0 aromatic carbocycles. The van der Waals surface area contributed by atoms with Crippen molar-refractivity contribution in [1.29, 1.82) is 0 Å². The number of nitrogens with two attached hydrogens (primary N) is 1. The Bertz CT molecular complexity index is 442. The van der Waals surface area contributed by atoms with Gasteiger partial charge in [-0.3, -0.25) is 4.98 Å². The number of nitrogens with zero attached hydrogens (tertiary/aromatic N) is 3. The van der Waals surface area contributed by atoms with Crippen LogP contribution in [0.4, 0.5) is 0 Å². The first-order chi connectivity index (χ1) is 8.50. The van der Waals surface area contributed by atoms with Crippen LogP contribution in [0, 0.1) is 6.92 Å². The van der Waals surface area contributed by atoms with Crippen molar-refractivity contribution >= 4 is 23.3 Å². The van der Waals surface area contributed by atoms with E-state index in [1.54, 1.807) is 11.1 Å². The molecule has 18 heavy (non-hydrogen) atoms. The van der Waals surface area contributed by atoms with E-state index < -0.39 is 0 Å². The van der Waals surface area contributed by atoms with Gasteiger partial charge in [-0.15, -0.1) is 0 Å². The lowest BCUT2D eigenvalue weighted by Gasteiger charge is -2.11. The summed E-state index contributed by atoms with van der Waals surface area (Å²) in [5.74, 6) is 0.390. The molecule has 1 aromatic rings. The average molecular weight is 265 g/mol. The lowest BCUT2D eigenvalue weighted by atomic mass is 10.2. The van der Waals surface area contributed by atoms with Gasteiger partial charge in [-0.1, -0.05) is 6.07 Å². The summed E-state index contributed by atoms with van der Waals surface area (Å²) in [7, 11) is 3.64. The van der Waals surface area contributed by atoms with Crippen LogP contribution in [0.15, 0.2) is 23.3 Å².